The molecule has 4 aromatic rings. The summed E-state index contributed by atoms with van der Waals surface area (Å²) in [6.45, 7) is 0. The van der Waals surface area contributed by atoms with E-state index < -0.39 is 0 Å². The molecule has 0 unspecified atom stereocenters. The molecule has 1 radical (unpaired) electrons. The Morgan fingerprint density at radius 3 is 2.75 bits per heavy atom. The van der Waals surface area contributed by atoms with E-state index in [0.29, 0.717) is 0 Å². The number of hydrogen-bond donors (Lipinski definition) is 0. The number of rotatable bonds is 2. The van der Waals surface area contributed by atoms with Crippen LogP contribution in [0.4, 0.5) is 0 Å². The number of nitrogens with zero attached hydrogens (tertiary/aromatic N) is 1. The molecule has 3 aromatic heterocycles. The van der Waals surface area contributed by atoms with E-state index >= 15 is 0 Å². The van der Waals surface area contributed by atoms with Gasteiger partial charge in [-0.25, -0.2) is 0 Å². The third kappa shape index (κ3) is 1.96. The average molecular weight is 292 g/mol. The van der Waals surface area contributed by atoms with Crippen molar-refractivity contribution >= 4 is 32.8 Å². The Kier molecular flexibility index (Phi) is 2.87. The first-order valence-electron chi connectivity index (χ1n) is 6.31. The van der Waals surface area contributed by atoms with Gasteiger partial charge in [-0.3, -0.25) is 4.98 Å². The monoisotopic (exact) mass is 292 g/mol. The quantitative estimate of drug-likeness (QED) is 0.476. The lowest BCUT2D eigenvalue weighted by Gasteiger charge is -2.03. The molecule has 0 saturated carbocycles. The van der Waals surface area contributed by atoms with Crippen LogP contribution in [0.3, 0.4) is 0 Å². The van der Waals surface area contributed by atoms with Gasteiger partial charge >= 0.3 is 0 Å². The Morgan fingerprint density at radius 1 is 0.950 bits per heavy atom. The Morgan fingerprint density at radius 2 is 1.90 bits per heavy atom. The molecule has 0 aliphatic heterocycles. The van der Waals surface area contributed by atoms with Crippen molar-refractivity contribution in [1.29, 1.82) is 0 Å². The summed E-state index contributed by atoms with van der Waals surface area (Å²) >= 11 is 3.54. The Hall–Kier alpha value is -1.97. The number of benzene rings is 1. The van der Waals surface area contributed by atoms with Crippen molar-refractivity contribution in [2.45, 2.75) is 0 Å². The SMILES string of the molecule is [c]1nccc(-c2cc3ccccc3s2)c1-c1cccs1. The zero-order valence-electron chi connectivity index (χ0n) is 10.5. The molecule has 0 aliphatic carbocycles. The highest BCUT2D eigenvalue weighted by Gasteiger charge is 2.11. The first kappa shape index (κ1) is 11.8. The van der Waals surface area contributed by atoms with E-state index in [1.165, 1.54) is 25.4 Å². The zero-order chi connectivity index (χ0) is 13.4. The lowest BCUT2D eigenvalue weighted by Crippen LogP contribution is -1.82. The number of thiophene rings is 2. The van der Waals surface area contributed by atoms with Gasteiger partial charge in [0.15, 0.2) is 0 Å². The van der Waals surface area contributed by atoms with Crippen molar-refractivity contribution in [3.05, 3.63) is 66.3 Å². The topological polar surface area (TPSA) is 12.9 Å². The van der Waals surface area contributed by atoms with Crippen LogP contribution in [0.25, 0.3) is 31.0 Å². The maximum Gasteiger partial charge on any atom is 0.0986 e. The first-order chi connectivity index (χ1) is 9.92. The standard InChI is InChI=1S/C17H10NS2/c1-2-5-15-12(4-1)10-17(20-15)13-7-8-18-11-14(13)16-6-3-9-19-16/h1-10H. The highest BCUT2D eigenvalue weighted by atomic mass is 32.1. The third-order valence-electron chi connectivity index (χ3n) is 3.22. The van der Waals surface area contributed by atoms with Gasteiger partial charge in [0.05, 0.1) is 6.20 Å². The average Bonchev–Trinajstić information content (AvgIpc) is 3.16. The molecular weight excluding hydrogens is 282 g/mol. The van der Waals surface area contributed by atoms with E-state index in [-0.39, 0.29) is 0 Å². The Bertz CT molecular complexity index is 826. The fraction of sp³-hybridized carbons (Fsp3) is 0. The van der Waals surface area contributed by atoms with Crippen LogP contribution in [-0.2, 0) is 0 Å². The van der Waals surface area contributed by atoms with Crippen molar-refractivity contribution < 1.29 is 0 Å². The molecule has 95 valence electrons. The molecule has 3 heteroatoms. The second-order valence-electron chi connectivity index (χ2n) is 4.47. The van der Waals surface area contributed by atoms with E-state index in [0.717, 1.165) is 5.56 Å². The predicted octanol–water partition coefficient (Wildman–Crippen LogP) is 5.49. The summed E-state index contributed by atoms with van der Waals surface area (Å²) in [7, 11) is 0. The molecule has 0 spiro atoms. The molecule has 20 heavy (non-hydrogen) atoms. The summed E-state index contributed by atoms with van der Waals surface area (Å²) in [6, 6.07) is 17.0. The van der Waals surface area contributed by atoms with Gasteiger partial charge in [-0.2, -0.15) is 0 Å². The smallest absolute Gasteiger partial charge is 0.0986 e. The fourth-order valence-corrected chi connectivity index (χ4v) is 4.11. The number of fused-ring (bicyclic) bond motifs is 1. The number of hydrogen-bond acceptors (Lipinski definition) is 3. The molecule has 0 bridgehead atoms. The molecule has 4 rings (SSSR count). The molecule has 0 N–H and O–H groups in total. The number of pyridine rings is 1. The molecule has 1 aromatic carbocycles. The van der Waals surface area contributed by atoms with Crippen LogP contribution in [0.15, 0.2) is 60.1 Å². The molecule has 0 amide bonds. The summed E-state index contributed by atoms with van der Waals surface area (Å²) in [5.74, 6) is 0. The van der Waals surface area contributed by atoms with E-state index in [9.17, 15) is 0 Å². The summed E-state index contributed by atoms with van der Waals surface area (Å²) in [6.07, 6.45) is 4.97. The second-order valence-corrected chi connectivity index (χ2v) is 6.50. The fourth-order valence-electron chi connectivity index (χ4n) is 2.29. The lowest BCUT2D eigenvalue weighted by atomic mass is 10.1. The lowest BCUT2D eigenvalue weighted by molar-refractivity contribution is 1.32. The van der Waals surface area contributed by atoms with Crippen LogP contribution in [0.2, 0.25) is 0 Å². The second kappa shape index (κ2) is 4.85. The zero-order valence-corrected chi connectivity index (χ0v) is 12.2. The van der Waals surface area contributed by atoms with Crippen molar-refractivity contribution in [2.75, 3.05) is 0 Å². The maximum atomic E-state index is 4.17. The van der Waals surface area contributed by atoms with E-state index in [1.807, 2.05) is 17.5 Å². The van der Waals surface area contributed by atoms with Gasteiger partial charge in [0.2, 0.25) is 0 Å². The minimum absolute atomic E-state index is 1.09. The predicted molar refractivity (Wildman–Crippen MR) is 87.2 cm³/mol. The highest BCUT2D eigenvalue weighted by molar-refractivity contribution is 7.22. The van der Waals surface area contributed by atoms with E-state index in [4.69, 9.17) is 0 Å². The molecule has 0 aliphatic rings. The van der Waals surface area contributed by atoms with Gasteiger partial charge < -0.3 is 0 Å². The van der Waals surface area contributed by atoms with Gasteiger partial charge in [0.25, 0.3) is 0 Å². The van der Waals surface area contributed by atoms with Crippen molar-refractivity contribution in [3.8, 4) is 20.9 Å². The van der Waals surface area contributed by atoms with Gasteiger partial charge in [-0.05, 0) is 35.0 Å². The summed E-state index contributed by atoms with van der Waals surface area (Å²) in [4.78, 5) is 6.65. The minimum atomic E-state index is 1.09. The van der Waals surface area contributed by atoms with Gasteiger partial charge in [-0.15, -0.1) is 22.7 Å². The molecular formula is C17H10NS2. The van der Waals surface area contributed by atoms with E-state index in [1.54, 1.807) is 11.3 Å². The van der Waals surface area contributed by atoms with Crippen LogP contribution in [0, 0.1) is 6.20 Å². The highest BCUT2D eigenvalue weighted by Crippen LogP contribution is 2.39. The normalized spacial score (nSPS) is 11.0. The number of aromatic nitrogens is 1. The molecule has 0 atom stereocenters. The first-order valence-corrected chi connectivity index (χ1v) is 8.01. The third-order valence-corrected chi connectivity index (χ3v) is 5.26. The van der Waals surface area contributed by atoms with Gasteiger partial charge in [0.1, 0.15) is 0 Å². The van der Waals surface area contributed by atoms with Crippen LogP contribution in [0.1, 0.15) is 0 Å². The molecule has 0 fully saturated rings. The van der Waals surface area contributed by atoms with Crippen molar-refractivity contribution in [3.63, 3.8) is 0 Å². The maximum absolute atomic E-state index is 4.17. The summed E-state index contributed by atoms with van der Waals surface area (Å²) in [5, 5.41) is 3.38. The summed E-state index contributed by atoms with van der Waals surface area (Å²) in [5.41, 5.74) is 2.30. The minimum Gasteiger partial charge on any atom is -0.254 e. The van der Waals surface area contributed by atoms with Crippen LogP contribution in [0.5, 0.6) is 0 Å². The van der Waals surface area contributed by atoms with E-state index in [2.05, 4.69) is 65.1 Å². The van der Waals surface area contributed by atoms with Crippen LogP contribution < -0.4 is 0 Å². The largest absolute Gasteiger partial charge is 0.254 e. The van der Waals surface area contributed by atoms with Gasteiger partial charge in [-0.1, -0.05) is 24.3 Å². The summed E-state index contributed by atoms with van der Waals surface area (Å²) < 4.78 is 1.32. The van der Waals surface area contributed by atoms with Crippen LogP contribution >= 0.6 is 22.7 Å². The molecule has 3 heterocycles. The van der Waals surface area contributed by atoms with Crippen LogP contribution in [-0.4, -0.2) is 4.98 Å². The Labute approximate surface area is 125 Å². The molecule has 0 saturated heterocycles. The Balaban J connectivity index is 1.94. The molecule has 1 nitrogen and oxygen atoms in total. The van der Waals surface area contributed by atoms with Gasteiger partial charge in [0, 0.05) is 31.8 Å². The van der Waals surface area contributed by atoms with Crippen molar-refractivity contribution in [1.82, 2.24) is 4.98 Å². The van der Waals surface area contributed by atoms with Crippen molar-refractivity contribution in [2.24, 2.45) is 0 Å².